The highest BCUT2D eigenvalue weighted by Crippen LogP contribution is 2.23. The topological polar surface area (TPSA) is 24.5 Å². The number of hydrogen-bond acceptors (Lipinski definition) is 4. The van der Waals surface area contributed by atoms with Crippen LogP contribution in [-0.4, -0.2) is 43.8 Å². The number of rotatable bonds is 6. The Bertz CT molecular complexity index is 393. The van der Waals surface area contributed by atoms with Crippen LogP contribution in [0.3, 0.4) is 0 Å². The Hall–Kier alpha value is -0.420. The lowest BCUT2D eigenvalue weighted by molar-refractivity contribution is -0.0502. The lowest BCUT2D eigenvalue weighted by atomic mass is 9.95. The highest BCUT2D eigenvalue weighted by Gasteiger charge is 2.30. The van der Waals surface area contributed by atoms with Gasteiger partial charge in [0.2, 0.25) is 0 Å². The number of ether oxygens (including phenoxy) is 1. The summed E-state index contributed by atoms with van der Waals surface area (Å²) in [6.07, 6.45) is 2.43. The third kappa shape index (κ3) is 4.56. The lowest BCUT2D eigenvalue weighted by Gasteiger charge is -2.39. The second-order valence-corrected chi connectivity index (χ2v) is 7.10. The Morgan fingerprint density at radius 2 is 2.32 bits per heavy atom. The molecular formula is C15H26N2OS. The standard InChI is InChI=1S/C15H26N2OS/c1-13-5-6-14(19-13)11-16-8-10-17-9-4-7-15(2,12-17)18-3/h5-6,16H,4,7-12H2,1-3H3. The molecule has 0 saturated carbocycles. The van der Waals surface area contributed by atoms with Crippen molar-refractivity contribution >= 4 is 11.3 Å². The summed E-state index contributed by atoms with van der Waals surface area (Å²) >= 11 is 1.88. The van der Waals surface area contributed by atoms with E-state index in [9.17, 15) is 0 Å². The second-order valence-electron chi connectivity index (χ2n) is 5.72. The van der Waals surface area contributed by atoms with E-state index in [-0.39, 0.29) is 5.60 Å². The number of nitrogens with one attached hydrogen (secondary N) is 1. The van der Waals surface area contributed by atoms with E-state index in [1.165, 1.54) is 29.1 Å². The van der Waals surface area contributed by atoms with Gasteiger partial charge in [-0.15, -0.1) is 11.3 Å². The smallest absolute Gasteiger partial charge is 0.0777 e. The summed E-state index contributed by atoms with van der Waals surface area (Å²) < 4.78 is 5.63. The molecule has 1 aliphatic heterocycles. The zero-order chi connectivity index (χ0) is 13.7. The monoisotopic (exact) mass is 282 g/mol. The van der Waals surface area contributed by atoms with E-state index in [1.807, 2.05) is 18.4 Å². The van der Waals surface area contributed by atoms with Crippen LogP contribution in [0.2, 0.25) is 0 Å². The van der Waals surface area contributed by atoms with Gasteiger partial charge in [-0.05, 0) is 45.4 Å². The Morgan fingerprint density at radius 1 is 1.47 bits per heavy atom. The number of piperidine rings is 1. The van der Waals surface area contributed by atoms with Crippen molar-refractivity contribution in [3.05, 3.63) is 21.9 Å². The maximum Gasteiger partial charge on any atom is 0.0777 e. The minimum atomic E-state index is 0.0586. The Kier molecular flexibility index (Phi) is 5.39. The summed E-state index contributed by atoms with van der Waals surface area (Å²) in [4.78, 5) is 5.33. The largest absolute Gasteiger partial charge is 0.377 e. The number of nitrogens with zero attached hydrogens (tertiary/aromatic N) is 1. The molecule has 0 bridgehead atoms. The number of hydrogen-bond donors (Lipinski definition) is 1. The van der Waals surface area contributed by atoms with Crippen LogP contribution in [0.4, 0.5) is 0 Å². The molecule has 1 N–H and O–H groups in total. The zero-order valence-electron chi connectivity index (χ0n) is 12.4. The molecule has 1 aromatic rings. The van der Waals surface area contributed by atoms with E-state index >= 15 is 0 Å². The predicted molar refractivity (Wildman–Crippen MR) is 81.9 cm³/mol. The molecule has 1 aliphatic rings. The minimum absolute atomic E-state index is 0.0586. The van der Waals surface area contributed by atoms with Crippen LogP contribution in [0.5, 0.6) is 0 Å². The summed E-state index contributed by atoms with van der Waals surface area (Å²) in [7, 11) is 1.83. The molecule has 0 amide bonds. The number of thiophene rings is 1. The lowest BCUT2D eigenvalue weighted by Crippen LogP contribution is -2.48. The number of aryl methyl sites for hydroxylation is 1. The third-order valence-corrected chi connectivity index (χ3v) is 4.93. The molecule has 19 heavy (non-hydrogen) atoms. The molecule has 0 radical (unpaired) electrons. The molecule has 1 saturated heterocycles. The molecule has 0 aliphatic carbocycles. The molecule has 1 aromatic heterocycles. The maximum atomic E-state index is 5.63. The van der Waals surface area contributed by atoms with Crippen molar-refractivity contribution in [1.82, 2.24) is 10.2 Å². The molecule has 3 nitrogen and oxygen atoms in total. The first-order valence-corrected chi connectivity index (χ1v) is 7.96. The highest BCUT2D eigenvalue weighted by atomic mass is 32.1. The summed E-state index contributed by atoms with van der Waals surface area (Å²) in [5.74, 6) is 0. The quantitative estimate of drug-likeness (QED) is 0.812. The van der Waals surface area contributed by atoms with E-state index in [0.29, 0.717) is 0 Å². The van der Waals surface area contributed by atoms with Crippen LogP contribution in [-0.2, 0) is 11.3 Å². The van der Waals surface area contributed by atoms with Crippen LogP contribution in [0.1, 0.15) is 29.5 Å². The van der Waals surface area contributed by atoms with Crippen LogP contribution in [0.25, 0.3) is 0 Å². The van der Waals surface area contributed by atoms with Crippen molar-refractivity contribution in [3.8, 4) is 0 Å². The average Bonchev–Trinajstić information content (AvgIpc) is 2.81. The van der Waals surface area contributed by atoms with Crippen molar-refractivity contribution in [2.24, 2.45) is 0 Å². The molecule has 0 spiro atoms. The van der Waals surface area contributed by atoms with Crippen LogP contribution >= 0.6 is 11.3 Å². The Morgan fingerprint density at radius 3 is 3.00 bits per heavy atom. The van der Waals surface area contributed by atoms with Crippen LogP contribution < -0.4 is 5.32 Å². The maximum absolute atomic E-state index is 5.63. The van der Waals surface area contributed by atoms with E-state index < -0.39 is 0 Å². The molecular weight excluding hydrogens is 256 g/mol. The molecule has 108 valence electrons. The zero-order valence-corrected chi connectivity index (χ0v) is 13.2. The summed E-state index contributed by atoms with van der Waals surface area (Å²) in [6, 6.07) is 4.41. The number of methoxy groups -OCH3 is 1. The Labute approximate surface area is 121 Å². The van der Waals surface area contributed by atoms with Gasteiger partial charge < -0.3 is 10.1 Å². The summed E-state index contributed by atoms with van der Waals surface area (Å²) in [5, 5.41) is 3.54. The van der Waals surface area contributed by atoms with E-state index in [1.54, 1.807) is 0 Å². The van der Waals surface area contributed by atoms with Gasteiger partial charge in [-0.2, -0.15) is 0 Å². The summed E-state index contributed by atoms with van der Waals surface area (Å²) in [6.45, 7) is 9.81. The molecule has 4 heteroatoms. The fourth-order valence-corrected chi connectivity index (χ4v) is 3.55. The predicted octanol–water partition coefficient (Wildman–Crippen LogP) is 2.65. The van der Waals surface area contributed by atoms with Gasteiger partial charge in [-0.25, -0.2) is 0 Å². The van der Waals surface area contributed by atoms with Crippen molar-refractivity contribution in [1.29, 1.82) is 0 Å². The minimum Gasteiger partial charge on any atom is -0.377 e. The van der Waals surface area contributed by atoms with Crippen molar-refractivity contribution < 1.29 is 4.74 Å². The average molecular weight is 282 g/mol. The van der Waals surface area contributed by atoms with Gasteiger partial charge in [-0.1, -0.05) is 0 Å². The van der Waals surface area contributed by atoms with Crippen molar-refractivity contribution in [2.45, 2.75) is 38.8 Å². The summed E-state index contributed by atoms with van der Waals surface area (Å²) in [5.41, 5.74) is 0.0586. The third-order valence-electron chi connectivity index (χ3n) is 3.93. The van der Waals surface area contributed by atoms with E-state index in [0.717, 1.165) is 26.2 Å². The fourth-order valence-electron chi connectivity index (χ4n) is 2.69. The van der Waals surface area contributed by atoms with Gasteiger partial charge in [0.15, 0.2) is 0 Å². The van der Waals surface area contributed by atoms with E-state index in [2.05, 4.69) is 36.2 Å². The molecule has 1 unspecified atom stereocenters. The first-order chi connectivity index (χ1) is 9.11. The molecule has 2 rings (SSSR count). The van der Waals surface area contributed by atoms with Gasteiger partial charge >= 0.3 is 0 Å². The number of likely N-dealkylation sites (tertiary alicyclic amines) is 1. The van der Waals surface area contributed by atoms with Crippen LogP contribution in [0.15, 0.2) is 12.1 Å². The molecule has 1 atom stereocenters. The molecule has 1 fully saturated rings. The van der Waals surface area contributed by atoms with Gasteiger partial charge in [0, 0.05) is 43.0 Å². The van der Waals surface area contributed by atoms with Crippen molar-refractivity contribution in [3.63, 3.8) is 0 Å². The molecule has 0 aromatic carbocycles. The molecule has 2 heterocycles. The van der Waals surface area contributed by atoms with Gasteiger partial charge in [-0.3, -0.25) is 4.90 Å². The van der Waals surface area contributed by atoms with Crippen LogP contribution in [0, 0.1) is 6.92 Å². The Balaban J connectivity index is 1.65. The first-order valence-electron chi connectivity index (χ1n) is 7.15. The van der Waals surface area contributed by atoms with Gasteiger partial charge in [0.05, 0.1) is 5.60 Å². The van der Waals surface area contributed by atoms with Crippen molar-refractivity contribution in [2.75, 3.05) is 33.3 Å². The van der Waals surface area contributed by atoms with Gasteiger partial charge in [0.25, 0.3) is 0 Å². The first kappa shape index (κ1) is 15.0. The normalized spacial score (nSPS) is 24.8. The second kappa shape index (κ2) is 6.84. The van der Waals surface area contributed by atoms with E-state index in [4.69, 9.17) is 4.74 Å². The van der Waals surface area contributed by atoms with Gasteiger partial charge in [0.1, 0.15) is 0 Å². The highest BCUT2D eigenvalue weighted by molar-refractivity contribution is 7.11. The fraction of sp³-hybridized carbons (Fsp3) is 0.733. The SMILES string of the molecule is COC1(C)CCCN(CCNCc2ccc(C)s2)C1.